The second-order valence-corrected chi connectivity index (χ2v) is 6.08. The lowest BCUT2D eigenvalue weighted by Crippen LogP contribution is -2.41. The largest absolute Gasteiger partial charge is 0.396 e. The molecular weight excluding hydrogens is 272 g/mol. The first-order valence-corrected chi connectivity index (χ1v) is 7.09. The number of amides is 2. The summed E-state index contributed by atoms with van der Waals surface area (Å²) in [6.07, 6.45) is 1.48. The molecule has 1 atom stereocenters. The molecule has 0 fully saturated rings. The number of nitrogens with zero attached hydrogens (tertiary/aromatic N) is 1. The number of hydrogen-bond donors (Lipinski definition) is 2. The molecule has 4 nitrogen and oxygen atoms in total. The van der Waals surface area contributed by atoms with Crippen molar-refractivity contribution in [1.29, 1.82) is 0 Å². The number of halogens is 1. The Labute approximate surface area is 117 Å². The minimum Gasteiger partial charge on any atom is -0.396 e. The lowest BCUT2D eigenvalue weighted by molar-refractivity contribution is 0.201. The smallest absolute Gasteiger partial charge is 0.317 e. The van der Waals surface area contributed by atoms with Gasteiger partial charge in [-0.05, 0) is 31.9 Å². The van der Waals surface area contributed by atoms with E-state index in [0.717, 1.165) is 15.6 Å². The maximum Gasteiger partial charge on any atom is 0.317 e. The molecule has 18 heavy (non-hydrogen) atoms. The fourth-order valence-electron chi connectivity index (χ4n) is 1.53. The quantitative estimate of drug-likeness (QED) is 0.846. The first kappa shape index (κ1) is 15.3. The average Bonchev–Trinajstić information content (AvgIpc) is 2.72. The summed E-state index contributed by atoms with van der Waals surface area (Å²) >= 11 is 7.32. The molecule has 1 rings (SSSR count). The van der Waals surface area contributed by atoms with Gasteiger partial charge in [-0.25, -0.2) is 4.79 Å². The third-order valence-corrected chi connectivity index (χ3v) is 3.75. The molecule has 2 amide bonds. The van der Waals surface area contributed by atoms with E-state index in [2.05, 4.69) is 5.32 Å². The molecule has 0 bridgehead atoms. The number of thiophene rings is 1. The van der Waals surface area contributed by atoms with Crippen LogP contribution in [0.15, 0.2) is 12.1 Å². The van der Waals surface area contributed by atoms with Crippen molar-refractivity contribution >= 4 is 29.0 Å². The highest BCUT2D eigenvalue weighted by Crippen LogP contribution is 2.22. The fraction of sp³-hybridized carbons (Fsp3) is 0.583. The van der Waals surface area contributed by atoms with E-state index in [1.54, 1.807) is 11.9 Å². The first-order valence-electron chi connectivity index (χ1n) is 5.89. The molecule has 1 aromatic heterocycles. The zero-order valence-electron chi connectivity index (χ0n) is 10.6. The Morgan fingerprint density at radius 1 is 1.61 bits per heavy atom. The van der Waals surface area contributed by atoms with E-state index in [0.29, 0.717) is 13.0 Å². The summed E-state index contributed by atoms with van der Waals surface area (Å²) in [6, 6.07) is 3.72. The van der Waals surface area contributed by atoms with Crippen LogP contribution >= 0.6 is 22.9 Å². The normalized spacial score (nSPS) is 12.2. The van der Waals surface area contributed by atoms with Crippen molar-refractivity contribution in [2.75, 3.05) is 13.7 Å². The zero-order chi connectivity index (χ0) is 13.5. The minimum atomic E-state index is -0.107. The molecule has 102 valence electrons. The Bertz CT molecular complexity index is 384. The van der Waals surface area contributed by atoms with E-state index in [4.69, 9.17) is 16.7 Å². The van der Waals surface area contributed by atoms with Gasteiger partial charge in [0.05, 0.1) is 10.9 Å². The molecule has 0 aliphatic carbocycles. The van der Waals surface area contributed by atoms with Gasteiger partial charge in [0.25, 0.3) is 0 Å². The van der Waals surface area contributed by atoms with Crippen LogP contribution in [0.1, 0.15) is 24.6 Å². The Hall–Kier alpha value is -0.780. The van der Waals surface area contributed by atoms with E-state index < -0.39 is 0 Å². The highest BCUT2D eigenvalue weighted by atomic mass is 35.5. The van der Waals surface area contributed by atoms with E-state index in [1.165, 1.54) is 11.3 Å². The standard InChI is InChI=1S/C12H19ClN2O2S/c1-9(4-3-7-16)14-12(17)15(2)8-10-5-6-11(13)18-10/h5-6,9,16H,3-4,7-8H2,1-2H3,(H,14,17). The lowest BCUT2D eigenvalue weighted by Gasteiger charge is -2.20. The van der Waals surface area contributed by atoms with Gasteiger partial charge in [0.2, 0.25) is 0 Å². The van der Waals surface area contributed by atoms with Crippen molar-refractivity contribution in [3.05, 3.63) is 21.3 Å². The van der Waals surface area contributed by atoms with Crippen molar-refractivity contribution in [2.45, 2.75) is 32.4 Å². The zero-order valence-corrected chi connectivity index (χ0v) is 12.2. The van der Waals surface area contributed by atoms with Crippen LogP contribution in [0.3, 0.4) is 0 Å². The maximum atomic E-state index is 11.9. The lowest BCUT2D eigenvalue weighted by atomic mass is 10.2. The summed E-state index contributed by atoms with van der Waals surface area (Å²) in [5.41, 5.74) is 0. The Morgan fingerprint density at radius 3 is 2.89 bits per heavy atom. The van der Waals surface area contributed by atoms with Crippen LogP contribution < -0.4 is 5.32 Å². The van der Waals surface area contributed by atoms with Gasteiger partial charge in [-0.3, -0.25) is 0 Å². The summed E-state index contributed by atoms with van der Waals surface area (Å²) in [6.45, 7) is 2.64. The third-order valence-electron chi connectivity index (χ3n) is 2.53. The van der Waals surface area contributed by atoms with E-state index in [-0.39, 0.29) is 18.7 Å². The molecule has 0 aromatic carbocycles. The number of hydrogen-bond acceptors (Lipinski definition) is 3. The van der Waals surface area contributed by atoms with Gasteiger partial charge >= 0.3 is 6.03 Å². The van der Waals surface area contributed by atoms with Crippen molar-refractivity contribution < 1.29 is 9.90 Å². The number of carbonyl (C=O) groups is 1. The van der Waals surface area contributed by atoms with Crippen LogP contribution in [0, 0.1) is 0 Å². The molecule has 1 aromatic rings. The predicted octanol–water partition coefficient (Wildman–Crippen LogP) is 2.70. The summed E-state index contributed by atoms with van der Waals surface area (Å²) in [4.78, 5) is 14.5. The van der Waals surface area contributed by atoms with Gasteiger partial charge in [-0.1, -0.05) is 11.6 Å². The topological polar surface area (TPSA) is 52.6 Å². The van der Waals surface area contributed by atoms with E-state index in [9.17, 15) is 4.79 Å². The Kier molecular flexibility index (Phi) is 6.46. The number of rotatable bonds is 6. The molecular formula is C12H19ClN2O2S. The monoisotopic (exact) mass is 290 g/mol. The summed E-state index contributed by atoms with van der Waals surface area (Å²) in [5.74, 6) is 0. The Balaban J connectivity index is 2.36. The molecule has 0 spiro atoms. The summed E-state index contributed by atoms with van der Waals surface area (Å²) < 4.78 is 0.732. The molecule has 0 saturated heterocycles. The van der Waals surface area contributed by atoms with Crippen molar-refractivity contribution in [3.8, 4) is 0 Å². The SMILES string of the molecule is CC(CCCO)NC(=O)N(C)Cc1ccc(Cl)s1. The molecule has 1 heterocycles. The van der Waals surface area contributed by atoms with Crippen molar-refractivity contribution in [2.24, 2.45) is 0 Å². The first-order chi connectivity index (χ1) is 8.52. The number of nitrogens with one attached hydrogen (secondary N) is 1. The molecule has 0 saturated carbocycles. The number of urea groups is 1. The molecule has 1 unspecified atom stereocenters. The van der Waals surface area contributed by atoms with Crippen LogP contribution in [-0.2, 0) is 6.54 Å². The van der Waals surface area contributed by atoms with Crippen molar-refractivity contribution in [3.63, 3.8) is 0 Å². The number of aliphatic hydroxyl groups is 1. The minimum absolute atomic E-state index is 0.0685. The van der Waals surface area contributed by atoms with Crippen LogP contribution in [0.25, 0.3) is 0 Å². The number of carbonyl (C=O) groups excluding carboxylic acids is 1. The highest BCUT2D eigenvalue weighted by Gasteiger charge is 2.12. The van der Waals surface area contributed by atoms with E-state index in [1.807, 2.05) is 19.1 Å². The fourth-order valence-corrected chi connectivity index (χ4v) is 2.67. The summed E-state index contributed by atoms with van der Waals surface area (Å²) in [7, 11) is 1.75. The molecule has 6 heteroatoms. The molecule has 0 radical (unpaired) electrons. The summed E-state index contributed by atoms with van der Waals surface area (Å²) in [5, 5.41) is 11.6. The van der Waals surface area contributed by atoms with Crippen LogP contribution in [0.5, 0.6) is 0 Å². The van der Waals surface area contributed by atoms with Gasteiger partial charge in [0.15, 0.2) is 0 Å². The molecule has 0 aliphatic heterocycles. The van der Waals surface area contributed by atoms with Crippen LogP contribution in [0.4, 0.5) is 4.79 Å². The van der Waals surface area contributed by atoms with Crippen LogP contribution in [-0.4, -0.2) is 35.7 Å². The van der Waals surface area contributed by atoms with Gasteiger partial charge in [-0.2, -0.15) is 0 Å². The second-order valence-electron chi connectivity index (χ2n) is 4.28. The van der Waals surface area contributed by atoms with Crippen molar-refractivity contribution in [1.82, 2.24) is 10.2 Å². The average molecular weight is 291 g/mol. The second kappa shape index (κ2) is 7.61. The highest BCUT2D eigenvalue weighted by molar-refractivity contribution is 7.16. The Morgan fingerprint density at radius 2 is 2.33 bits per heavy atom. The van der Waals surface area contributed by atoms with Gasteiger partial charge < -0.3 is 15.3 Å². The molecule has 2 N–H and O–H groups in total. The number of aliphatic hydroxyl groups excluding tert-OH is 1. The maximum absolute atomic E-state index is 11.9. The third kappa shape index (κ3) is 5.25. The van der Waals surface area contributed by atoms with E-state index >= 15 is 0 Å². The van der Waals surface area contributed by atoms with Crippen LogP contribution in [0.2, 0.25) is 4.34 Å². The van der Waals surface area contributed by atoms with Gasteiger partial charge in [0, 0.05) is 24.6 Å². The van der Waals surface area contributed by atoms with Gasteiger partial charge in [-0.15, -0.1) is 11.3 Å². The predicted molar refractivity (Wildman–Crippen MR) is 75.1 cm³/mol. The van der Waals surface area contributed by atoms with Gasteiger partial charge in [0.1, 0.15) is 0 Å². The molecule has 0 aliphatic rings.